The van der Waals surface area contributed by atoms with E-state index in [4.69, 9.17) is 10.2 Å². The third-order valence-corrected chi connectivity index (χ3v) is 3.09. The van der Waals surface area contributed by atoms with Gasteiger partial charge in [0, 0.05) is 13.1 Å². The first-order valence-corrected chi connectivity index (χ1v) is 6.67. The Balaban J connectivity index is 2.36. The van der Waals surface area contributed by atoms with Gasteiger partial charge in [0.1, 0.15) is 6.04 Å². The highest BCUT2D eigenvalue weighted by Gasteiger charge is 2.23. The number of urea groups is 1. The number of aliphatic carboxylic acids is 2. The van der Waals surface area contributed by atoms with E-state index in [2.05, 4.69) is 5.32 Å². The second kappa shape index (κ2) is 8.08. The van der Waals surface area contributed by atoms with Crippen LogP contribution in [0, 0.1) is 0 Å². The number of carbonyl (C=O) groups excluding carboxylic acids is 2. The minimum atomic E-state index is -1.53. The van der Waals surface area contributed by atoms with Crippen molar-refractivity contribution in [2.75, 3.05) is 19.6 Å². The van der Waals surface area contributed by atoms with Crippen molar-refractivity contribution in [3.63, 3.8) is 0 Å². The number of carbonyl (C=O) groups is 4. The molecule has 0 bridgehead atoms. The summed E-state index contributed by atoms with van der Waals surface area (Å²) in [5, 5.41) is 21.6. The van der Waals surface area contributed by atoms with Gasteiger partial charge in [0.2, 0.25) is 5.91 Å². The lowest BCUT2D eigenvalue weighted by molar-refractivity contribution is -0.145. The third-order valence-electron chi connectivity index (χ3n) is 3.09. The summed E-state index contributed by atoms with van der Waals surface area (Å²) in [7, 11) is 0. The van der Waals surface area contributed by atoms with Gasteiger partial charge in [0.15, 0.2) is 0 Å². The molecular formula is C12H19N3O6. The number of hydrogen-bond acceptors (Lipinski definition) is 4. The molecule has 4 N–H and O–H groups in total. The van der Waals surface area contributed by atoms with Crippen molar-refractivity contribution in [1.82, 2.24) is 15.5 Å². The molecule has 118 valence electrons. The van der Waals surface area contributed by atoms with Crippen molar-refractivity contribution in [1.29, 1.82) is 0 Å². The molecule has 1 atom stereocenters. The Labute approximate surface area is 121 Å². The van der Waals surface area contributed by atoms with Gasteiger partial charge in [-0.3, -0.25) is 9.59 Å². The number of piperidine rings is 1. The standard InChI is InChI=1S/C12H19N3O6/c16-9(15-4-2-1-3-5-15)7-13-12(21)14-8(11(19)20)6-10(17)18/h8H,1-7H2,(H,17,18)(H,19,20)(H2,13,14,21)/t8-/m1/s1. The van der Waals surface area contributed by atoms with Gasteiger partial charge >= 0.3 is 18.0 Å². The molecule has 9 heteroatoms. The molecule has 1 aliphatic heterocycles. The molecule has 1 saturated heterocycles. The third kappa shape index (κ3) is 6.11. The average Bonchev–Trinajstić information content (AvgIpc) is 2.44. The lowest BCUT2D eigenvalue weighted by atomic mass is 10.1. The van der Waals surface area contributed by atoms with E-state index < -0.39 is 30.4 Å². The fourth-order valence-electron chi connectivity index (χ4n) is 1.99. The summed E-state index contributed by atoms with van der Waals surface area (Å²) in [5.74, 6) is -3.03. The van der Waals surface area contributed by atoms with E-state index in [9.17, 15) is 19.2 Å². The van der Waals surface area contributed by atoms with Gasteiger partial charge in [-0.1, -0.05) is 0 Å². The van der Waals surface area contributed by atoms with Crippen LogP contribution in [0.25, 0.3) is 0 Å². The number of carboxylic acids is 2. The molecule has 0 radical (unpaired) electrons. The van der Waals surface area contributed by atoms with E-state index in [0.717, 1.165) is 19.3 Å². The molecule has 0 unspecified atom stereocenters. The van der Waals surface area contributed by atoms with Crippen LogP contribution in [0.5, 0.6) is 0 Å². The molecule has 1 heterocycles. The number of rotatable bonds is 6. The SMILES string of the molecule is O=C(O)C[C@@H](NC(=O)NCC(=O)N1CCCCC1)C(=O)O. The monoisotopic (exact) mass is 301 g/mol. The van der Waals surface area contributed by atoms with E-state index in [1.165, 1.54) is 0 Å². The number of likely N-dealkylation sites (tertiary alicyclic amines) is 1. The van der Waals surface area contributed by atoms with Crippen molar-refractivity contribution >= 4 is 23.9 Å². The fraction of sp³-hybridized carbons (Fsp3) is 0.667. The summed E-state index contributed by atoms with van der Waals surface area (Å²) in [6.45, 7) is 1.06. The smallest absolute Gasteiger partial charge is 0.326 e. The second-order valence-electron chi connectivity index (χ2n) is 4.76. The Hall–Kier alpha value is -2.32. The number of carboxylic acid groups (broad SMARTS) is 2. The molecular weight excluding hydrogens is 282 g/mol. The molecule has 21 heavy (non-hydrogen) atoms. The second-order valence-corrected chi connectivity index (χ2v) is 4.76. The highest BCUT2D eigenvalue weighted by atomic mass is 16.4. The zero-order valence-corrected chi connectivity index (χ0v) is 11.5. The summed E-state index contributed by atoms with van der Waals surface area (Å²) in [6, 6.07) is -2.42. The molecule has 0 aliphatic carbocycles. The molecule has 0 aromatic rings. The first-order chi connectivity index (χ1) is 9.90. The van der Waals surface area contributed by atoms with Crippen molar-refractivity contribution in [3.8, 4) is 0 Å². The number of nitrogens with one attached hydrogen (secondary N) is 2. The minimum absolute atomic E-state index is 0.241. The molecule has 9 nitrogen and oxygen atoms in total. The largest absolute Gasteiger partial charge is 0.481 e. The number of nitrogens with zero attached hydrogens (tertiary/aromatic N) is 1. The van der Waals surface area contributed by atoms with Crippen molar-refractivity contribution in [2.24, 2.45) is 0 Å². The summed E-state index contributed by atoms with van der Waals surface area (Å²) in [5.41, 5.74) is 0. The van der Waals surface area contributed by atoms with Crippen LogP contribution < -0.4 is 10.6 Å². The van der Waals surface area contributed by atoms with Gasteiger partial charge < -0.3 is 25.7 Å². The Kier molecular flexibility index (Phi) is 6.44. The fourth-order valence-corrected chi connectivity index (χ4v) is 1.99. The highest BCUT2D eigenvalue weighted by molar-refractivity contribution is 5.88. The summed E-state index contributed by atoms with van der Waals surface area (Å²) >= 11 is 0. The Morgan fingerprint density at radius 2 is 1.67 bits per heavy atom. The molecule has 1 aliphatic rings. The maximum atomic E-state index is 11.8. The maximum Gasteiger partial charge on any atom is 0.326 e. The lowest BCUT2D eigenvalue weighted by Gasteiger charge is -2.26. The topological polar surface area (TPSA) is 136 Å². The molecule has 0 aromatic carbocycles. The quantitative estimate of drug-likeness (QED) is 0.508. The average molecular weight is 301 g/mol. The first-order valence-electron chi connectivity index (χ1n) is 6.67. The molecule has 0 spiro atoms. The van der Waals surface area contributed by atoms with Gasteiger partial charge in [0.25, 0.3) is 0 Å². The van der Waals surface area contributed by atoms with Crippen LogP contribution in [0.2, 0.25) is 0 Å². The van der Waals surface area contributed by atoms with Crippen LogP contribution in [0.4, 0.5) is 4.79 Å². The van der Waals surface area contributed by atoms with E-state index in [0.29, 0.717) is 13.1 Å². The van der Waals surface area contributed by atoms with E-state index in [1.54, 1.807) is 4.90 Å². The van der Waals surface area contributed by atoms with Crippen LogP contribution >= 0.6 is 0 Å². The van der Waals surface area contributed by atoms with Gasteiger partial charge in [-0.15, -0.1) is 0 Å². The predicted molar refractivity (Wildman–Crippen MR) is 70.6 cm³/mol. The molecule has 1 rings (SSSR count). The van der Waals surface area contributed by atoms with Gasteiger partial charge in [0.05, 0.1) is 13.0 Å². The molecule has 3 amide bonds. The number of hydrogen-bond donors (Lipinski definition) is 4. The van der Waals surface area contributed by atoms with Gasteiger partial charge in [-0.2, -0.15) is 0 Å². The van der Waals surface area contributed by atoms with Crippen LogP contribution in [0.1, 0.15) is 25.7 Å². The normalized spacial score (nSPS) is 15.9. The predicted octanol–water partition coefficient (Wildman–Crippen LogP) is -0.774. The van der Waals surface area contributed by atoms with Crippen LogP contribution in [-0.2, 0) is 14.4 Å². The van der Waals surface area contributed by atoms with Crippen molar-refractivity contribution in [3.05, 3.63) is 0 Å². The highest BCUT2D eigenvalue weighted by Crippen LogP contribution is 2.08. The summed E-state index contributed by atoms with van der Waals surface area (Å²) in [6.07, 6.45) is 2.20. The number of amides is 3. The van der Waals surface area contributed by atoms with Gasteiger partial charge in [-0.05, 0) is 19.3 Å². The van der Waals surface area contributed by atoms with E-state index >= 15 is 0 Å². The Bertz CT molecular complexity index is 419. The molecule has 0 saturated carbocycles. The van der Waals surface area contributed by atoms with Crippen LogP contribution in [-0.4, -0.2) is 64.7 Å². The van der Waals surface area contributed by atoms with E-state index in [1.807, 2.05) is 5.32 Å². The zero-order valence-electron chi connectivity index (χ0n) is 11.5. The lowest BCUT2D eigenvalue weighted by Crippen LogP contribution is -2.50. The minimum Gasteiger partial charge on any atom is -0.481 e. The summed E-state index contributed by atoms with van der Waals surface area (Å²) < 4.78 is 0. The van der Waals surface area contributed by atoms with Crippen molar-refractivity contribution in [2.45, 2.75) is 31.7 Å². The molecule has 1 fully saturated rings. The summed E-state index contributed by atoms with van der Waals surface area (Å²) in [4.78, 5) is 46.1. The Morgan fingerprint density at radius 3 is 2.19 bits per heavy atom. The zero-order chi connectivity index (χ0) is 15.8. The Morgan fingerprint density at radius 1 is 1.05 bits per heavy atom. The van der Waals surface area contributed by atoms with Crippen molar-refractivity contribution < 1.29 is 29.4 Å². The first kappa shape index (κ1) is 16.7. The van der Waals surface area contributed by atoms with Crippen LogP contribution in [0.15, 0.2) is 0 Å². The molecule has 0 aromatic heterocycles. The maximum absolute atomic E-state index is 11.8. The van der Waals surface area contributed by atoms with Crippen LogP contribution in [0.3, 0.4) is 0 Å². The van der Waals surface area contributed by atoms with E-state index in [-0.39, 0.29) is 12.5 Å². The van der Waals surface area contributed by atoms with Gasteiger partial charge in [-0.25, -0.2) is 9.59 Å².